The Hall–Kier alpha value is -2.08. The molecule has 2 rings (SSSR count). The minimum Gasteiger partial charge on any atom is -0.398 e. The van der Waals surface area contributed by atoms with E-state index in [0.717, 1.165) is 0 Å². The zero-order chi connectivity index (χ0) is 14.0. The molecule has 0 unspecified atom stereocenters. The number of amides is 1. The molecule has 0 aliphatic heterocycles. The highest BCUT2D eigenvalue weighted by Crippen LogP contribution is 2.25. The van der Waals surface area contributed by atoms with Crippen molar-refractivity contribution in [1.82, 2.24) is 0 Å². The zero-order valence-corrected chi connectivity index (χ0v) is 11.4. The monoisotopic (exact) mass is 323 g/mol. The molecule has 2 aromatic rings. The maximum atomic E-state index is 13.7. The van der Waals surface area contributed by atoms with E-state index in [-0.39, 0.29) is 11.3 Å². The molecule has 0 radical (unpaired) electrons. The molecule has 0 saturated heterocycles. The first-order chi connectivity index (χ1) is 8.97. The number of carbonyl (C=O) groups is 1. The van der Waals surface area contributed by atoms with E-state index < -0.39 is 11.7 Å². The van der Waals surface area contributed by atoms with Gasteiger partial charge in [-0.15, -0.1) is 0 Å². The van der Waals surface area contributed by atoms with Crippen LogP contribution in [0.3, 0.4) is 0 Å². The number of hydrogen-bond donors (Lipinski definition) is 3. The van der Waals surface area contributed by atoms with E-state index in [2.05, 4.69) is 21.2 Å². The number of halogens is 2. The molecule has 0 heterocycles. The number of nitrogen functional groups attached to an aromatic ring is 1. The van der Waals surface area contributed by atoms with Crippen molar-refractivity contribution in [2.75, 3.05) is 11.1 Å². The van der Waals surface area contributed by atoms with Crippen LogP contribution in [0.25, 0.3) is 0 Å². The number of rotatable bonds is 3. The summed E-state index contributed by atoms with van der Waals surface area (Å²) in [4.78, 5) is 11.2. The van der Waals surface area contributed by atoms with Crippen molar-refractivity contribution in [3.63, 3.8) is 0 Å². The Balaban J connectivity index is 2.33. The van der Waals surface area contributed by atoms with E-state index in [1.165, 1.54) is 12.1 Å². The number of anilines is 3. The molecule has 0 atom stereocenters. The Morgan fingerprint density at radius 2 is 1.95 bits per heavy atom. The molecule has 0 fully saturated rings. The van der Waals surface area contributed by atoms with Crippen LogP contribution >= 0.6 is 15.9 Å². The number of primary amides is 1. The summed E-state index contributed by atoms with van der Waals surface area (Å²) in [5.74, 6) is -1.04. The Labute approximate surface area is 117 Å². The van der Waals surface area contributed by atoms with Gasteiger partial charge in [0.1, 0.15) is 5.82 Å². The maximum Gasteiger partial charge on any atom is 0.250 e. The van der Waals surface area contributed by atoms with E-state index in [4.69, 9.17) is 11.5 Å². The largest absolute Gasteiger partial charge is 0.398 e. The summed E-state index contributed by atoms with van der Waals surface area (Å²) in [5, 5.41) is 2.86. The molecule has 0 bridgehead atoms. The second-order valence-corrected chi connectivity index (χ2v) is 4.83. The first-order valence-electron chi connectivity index (χ1n) is 5.39. The van der Waals surface area contributed by atoms with Crippen LogP contribution < -0.4 is 16.8 Å². The predicted molar refractivity (Wildman–Crippen MR) is 76.8 cm³/mol. The van der Waals surface area contributed by atoms with Crippen LogP contribution in [-0.2, 0) is 0 Å². The molecule has 19 heavy (non-hydrogen) atoms. The van der Waals surface area contributed by atoms with Crippen molar-refractivity contribution in [2.45, 2.75) is 0 Å². The molecule has 2 aromatic carbocycles. The smallest absolute Gasteiger partial charge is 0.250 e. The van der Waals surface area contributed by atoms with Gasteiger partial charge in [0, 0.05) is 15.8 Å². The topological polar surface area (TPSA) is 81.1 Å². The first kappa shape index (κ1) is 13.4. The van der Waals surface area contributed by atoms with Gasteiger partial charge < -0.3 is 16.8 Å². The summed E-state index contributed by atoms with van der Waals surface area (Å²) < 4.78 is 14.3. The predicted octanol–water partition coefficient (Wildman–Crippen LogP) is 3.01. The molecule has 4 nitrogen and oxygen atoms in total. The van der Waals surface area contributed by atoms with Crippen LogP contribution in [0.5, 0.6) is 0 Å². The molecule has 0 aliphatic rings. The normalized spacial score (nSPS) is 10.2. The fourth-order valence-electron chi connectivity index (χ4n) is 1.59. The molecule has 6 heteroatoms. The second kappa shape index (κ2) is 5.27. The summed E-state index contributed by atoms with van der Waals surface area (Å²) in [6, 6.07) is 9.30. The molecule has 1 amide bonds. The quantitative estimate of drug-likeness (QED) is 0.759. The van der Waals surface area contributed by atoms with Gasteiger partial charge in [-0.1, -0.05) is 15.9 Å². The number of carbonyl (C=O) groups excluding carboxylic acids is 1. The molecule has 0 spiro atoms. The van der Waals surface area contributed by atoms with Crippen LogP contribution in [-0.4, -0.2) is 5.91 Å². The van der Waals surface area contributed by atoms with Gasteiger partial charge in [-0.25, -0.2) is 4.39 Å². The van der Waals surface area contributed by atoms with Crippen molar-refractivity contribution in [3.05, 3.63) is 52.3 Å². The highest BCUT2D eigenvalue weighted by Gasteiger charge is 2.08. The third kappa shape index (κ3) is 3.03. The Morgan fingerprint density at radius 1 is 1.21 bits per heavy atom. The summed E-state index contributed by atoms with van der Waals surface area (Å²) in [5.41, 5.74) is 12.1. The minimum absolute atomic E-state index is 0.197. The Kier molecular flexibility index (Phi) is 3.71. The fourth-order valence-corrected chi connectivity index (χ4v) is 1.93. The third-order valence-corrected chi connectivity index (χ3v) is 3.02. The van der Waals surface area contributed by atoms with Crippen LogP contribution in [0.15, 0.2) is 40.9 Å². The average Bonchev–Trinajstić information content (AvgIpc) is 2.34. The number of hydrogen-bond acceptors (Lipinski definition) is 3. The van der Waals surface area contributed by atoms with E-state index in [1.807, 2.05) is 0 Å². The summed E-state index contributed by atoms with van der Waals surface area (Å²) in [6.45, 7) is 0. The standard InChI is InChI=1S/C13H11BrFN3O/c14-7-1-4-12(10(15)5-7)18-8-2-3-11(16)9(6-8)13(17)19/h1-6,18H,16H2,(H2,17,19). The molecular formula is C13H11BrFN3O. The highest BCUT2D eigenvalue weighted by atomic mass is 79.9. The number of nitrogens with one attached hydrogen (secondary N) is 1. The van der Waals surface area contributed by atoms with Crippen molar-refractivity contribution in [2.24, 2.45) is 5.73 Å². The Bertz CT molecular complexity index is 646. The van der Waals surface area contributed by atoms with Gasteiger partial charge in [-0.3, -0.25) is 4.79 Å². The van der Waals surface area contributed by atoms with Crippen LogP contribution in [0.2, 0.25) is 0 Å². The summed E-state index contributed by atoms with van der Waals surface area (Å²) in [6.07, 6.45) is 0. The molecule has 0 aliphatic carbocycles. The molecule has 5 N–H and O–H groups in total. The molecule has 98 valence electrons. The van der Waals surface area contributed by atoms with Gasteiger partial charge >= 0.3 is 0 Å². The highest BCUT2D eigenvalue weighted by molar-refractivity contribution is 9.10. The molecular weight excluding hydrogens is 313 g/mol. The summed E-state index contributed by atoms with van der Waals surface area (Å²) in [7, 11) is 0. The second-order valence-electron chi connectivity index (χ2n) is 3.92. The van der Waals surface area contributed by atoms with Gasteiger partial charge in [-0.2, -0.15) is 0 Å². The van der Waals surface area contributed by atoms with E-state index in [1.54, 1.807) is 24.3 Å². The van der Waals surface area contributed by atoms with Gasteiger partial charge in [0.25, 0.3) is 5.91 Å². The van der Waals surface area contributed by atoms with Crippen LogP contribution in [0, 0.1) is 5.82 Å². The lowest BCUT2D eigenvalue weighted by atomic mass is 10.1. The van der Waals surface area contributed by atoms with Gasteiger partial charge in [0.2, 0.25) is 0 Å². The van der Waals surface area contributed by atoms with E-state index in [9.17, 15) is 9.18 Å². The van der Waals surface area contributed by atoms with Crippen molar-refractivity contribution >= 4 is 38.9 Å². The maximum absolute atomic E-state index is 13.7. The lowest BCUT2D eigenvalue weighted by Gasteiger charge is -2.10. The van der Waals surface area contributed by atoms with Crippen LogP contribution in [0.1, 0.15) is 10.4 Å². The van der Waals surface area contributed by atoms with E-state index in [0.29, 0.717) is 15.8 Å². The van der Waals surface area contributed by atoms with Gasteiger partial charge in [0.15, 0.2) is 0 Å². The first-order valence-corrected chi connectivity index (χ1v) is 6.18. The molecule has 0 aromatic heterocycles. The van der Waals surface area contributed by atoms with Crippen molar-refractivity contribution in [3.8, 4) is 0 Å². The van der Waals surface area contributed by atoms with Gasteiger partial charge in [0.05, 0.1) is 11.3 Å². The molecule has 0 saturated carbocycles. The lowest BCUT2D eigenvalue weighted by molar-refractivity contribution is 0.100. The summed E-state index contributed by atoms with van der Waals surface area (Å²) >= 11 is 3.18. The SMILES string of the molecule is NC(=O)c1cc(Nc2ccc(Br)cc2F)ccc1N. The van der Waals surface area contributed by atoms with Gasteiger partial charge in [-0.05, 0) is 36.4 Å². The minimum atomic E-state index is -0.627. The zero-order valence-electron chi connectivity index (χ0n) is 9.78. The fraction of sp³-hybridized carbons (Fsp3) is 0. The van der Waals surface area contributed by atoms with E-state index >= 15 is 0 Å². The number of nitrogens with two attached hydrogens (primary N) is 2. The van der Waals surface area contributed by atoms with Crippen LogP contribution in [0.4, 0.5) is 21.5 Å². The number of benzene rings is 2. The van der Waals surface area contributed by atoms with Crippen molar-refractivity contribution in [1.29, 1.82) is 0 Å². The van der Waals surface area contributed by atoms with Crippen molar-refractivity contribution < 1.29 is 9.18 Å². The third-order valence-electron chi connectivity index (χ3n) is 2.53. The lowest BCUT2D eigenvalue weighted by Crippen LogP contribution is -2.13. The average molecular weight is 324 g/mol. The Morgan fingerprint density at radius 3 is 2.58 bits per heavy atom.